The maximum Gasteiger partial charge on any atom is 0.471 e. The Morgan fingerprint density at radius 3 is 2.53 bits per heavy atom. The molecule has 8 heteroatoms. The molecule has 2 rings (SSSR count). The van der Waals surface area contributed by atoms with Gasteiger partial charge in [-0.05, 0) is 6.42 Å². The highest BCUT2D eigenvalue weighted by Gasteiger charge is 2.56. The number of alkyl halides is 3. The third kappa shape index (κ3) is 1.97. The van der Waals surface area contributed by atoms with E-state index in [0.29, 0.717) is 4.90 Å². The van der Waals surface area contributed by atoms with Crippen molar-refractivity contribution in [2.75, 3.05) is 6.61 Å². The van der Waals surface area contributed by atoms with E-state index in [1.165, 1.54) is 0 Å². The van der Waals surface area contributed by atoms with Crippen molar-refractivity contribution >= 4 is 11.9 Å². The van der Waals surface area contributed by atoms with Crippen molar-refractivity contribution in [3.63, 3.8) is 0 Å². The van der Waals surface area contributed by atoms with Crippen molar-refractivity contribution in [2.24, 2.45) is 0 Å². The lowest BCUT2D eigenvalue weighted by Crippen LogP contribution is -2.50. The summed E-state index contributed by atoms with van der Waals surface area (Å²) < 4.78 is 42.2. The third-order valence-corrected chi connectivity index (χ3v) is 3.09. The molecule has 96 valence electrons. The highest BCUT2D eigenvalue weighted by Crippen LogP contribution is 2.36. The van der Waals surface area contributed by atoms with Crippen LogP contribution >= 0.6 is 0 Å². The van der Waals surface area contributed by atoms with Crippen molar-refractivity contribution in [2.45, 2.75) is 37.2 Å². The number of aliphatic carboxylic acids is 1. The Labute approximate surface area is 94.1 Å². The summed E-state index contributed by atoms with van der Waals surface area (Å²) in [4.78, 5) is 22.5. The van der Waals surface area contributed by atoms with E-state index in [4.69, 9.17) is 9.84 Å². The molecule has 2 aliphatic rings. The van der Waals surface area contributed by atoms with E-state index in [1.54, 1.807) is 0 Å². The molecule has 0 aromatic carbocycles. The van der Waals surface area contributed by atoms with Gasteiger partial charge < -0.3 is 14.7 Å². The van der Waals surface area contributed by atoms with Crippen LogP contribution in [0.25, 0.3) is 0 Å². The second kappa shape index (κ2) is 3.86. The fourth-order valence-electron chi connectivity index (χ4n) is 2.40. The zero-order valence-corrected chi connectivity index (χ0v) is 8.61. The van der Waals surface area contributed by atoms with Crippen LogP contribution < -0.4 is 0 Å². The number of nitrogens with zero attached hydrogens (tertiary/aromatic N) is 1. The number of hydrogen-bond donors (Lipinski definition) is 1. The van der Waals surface area contributed by atoms with E-state index < -0.39 is 36.2 Å². The van der Waals surface area contributed by atoms with E-state index in [2.05, 4.69) is 0 Å². The summed E-state index contributed by atoms with van der Waals surface area (Å²) in [5, 5.41) is 8.84. The van der Waals surface area contributed by atoms with E-state index in [9.17, 15) is 22.8 Å². The predicted molar refractivity (Wildman–Crippen MR) is 47.1 cm³/mol. The number of likely N-dealkylation sites (tertiary alicyclic amines) is 1. The molecule has 2 heterocycles. The molecule has 0 radical (unpaired) electrons. The fourth-order valence-corrected chi connectivity index (χ4v) is 2.40. The van der Waals surface area contributed by atoms with Crippen LogP contribution in [0.15, 0.2) is 0 Å². The van der Waals surface area contributed by atoms with Gasteiger partial charge >= 0.3 is 18.1 Å². The number of carbonyl (C=O) groups is 2. The van der Waals surface area contributed by atoms with E-state index in [1.807, 2.05) is 0 Å². The molecule has 2 fully saturated rings. The van der Waals surface area contributed by atoms with Gasteiger partial charge in [-0.15, -0.1) is 0 Å². The van der Waals surface area contributed by atoms with Crippen LogP contribution in [0.5, 0.6) is 0 Å². The zero-order valence-electron chi connectivity index (χ0n) is 8.61. The number of rotatable bonds is 1. The smallest absolute Gasteiger partial charge is 0.471 e. The Morgan fingerprint density at radius 2 is 2.00 bits per heavy atom. The van der Waals surface area contributed by atoms with Crippen LogP contribution in [0, 0.1) is 0 Å². The average molecular weight is 253 g/mol. The van der Waals surface area contributed by atoms with Gasteiger partial charge in [-0.3, -0.25) is 4.79 Å². The standard InChI is InChI=1S/C9H10F3NO4/c10-9(11,12)8(16)13-4-1-2-17-6(4)3-5(13)7(14)15/h4-6H,1-3H2,(H,14,15)/t4-,5-,6-/m0/s1. The van der Waals surface area contributed by atoms with Crippen LogP contribution in [0.2, 0.25) is 0 Å². The molecule has 1 N–H and O–H groups in total. The quantitative estimate of drug-likeness (QED) is 0.734. The second-order valence-electron chi connectivity index (χ2n) is 4.07. The molecule has 0 aromatic rings. The molecule has 5 nitrogen and oxygen atoms in total. The molecule has 0 bridgehead atoms. The average Bonchev–Trinajstić information content (AvgIpc) is 2.72. The molecule has 17 heavy (non-hydrogen) atoms. The number of hydrogen-bond acceptors (Lipinski definition) is 3. The summed E-state index contributed by atoms with van der Waals surface area (Å²) >= 11 is 0. The van der Waals surface area contributed by atoms with Crippen LogP contribution in [0.3, 0.4) is 0 Å². The van der Waals surface area contributed by atoms with Gasteiger partial charge in [-0.25, -0.2) is 4.79 Å². The van der Waals surface area contributed by atoms with Gasteiger partial charge in [-0.1, -0.05) is 0 Å². The van der Waals surface area contributed by atoms with Gasteiger partial charge in [0.1, 0.15) is 6.04 Å². The lowest BCUT2D eigenvalue weighted by molar-refractivity contribution is -0.190. The van der Waals surface area contributed by atoms with Gasteiger partial charge in [0.2, 0.25) is 0 Å². The zero-order chi connectivity index (χ0) is 12.8. The number of ether oxygens (including phenoxy) is 1. The van der Waals surface area contributed by atoms with E-state index >= 15 is 0 Å². The largest absolute Gasteiger partial charge is 0.480 e. The maximum atomic E-state index is 12.4. The first-order valence-electron chi connectivity index (χ1n) is 5.06. The lowest BCUT2D eigenvalue weighted by Gasteiger charge is -2.27. The van der Waals surface area contributed by atoms with Crippen molar-refractivity contribution < 1.29 is 32.6 Å². The number of amides is 1. The van der Waals surface area contributed by atoms with Gasteiger partial charge in [0.25, 0.3) is 0 Å². The first kappa shape index (κ1) is 12.2. The molecule has 2 saturated heterocycles. The molecule has 0 saturated carbocycles. The minimum atomic E-state index is -5.05. The van der Waals surface area contributed by atoms with Crippen molar-refractivity contribution in [1.29, 1.82) is 0 Å². The lowest BCUT2D eigenvalue weighted by atomic mass is 10.1. The van der Waals surface area contributed by atoms with E-state index in [0.717, 1.165) is 0 Å². The number of fused-ring (bicyclic) bond motifs is 1. The molecule has 2 aliphatic heterocycles. The summed E-state index contributed by atoms with van der Waals surface area (Å²) in [5.41, 5.74) is 0. The first-order chi connectivity index (χ1) is 7.82. The fraction of sp³-hybridized carbons (Fsp3) is 0.778. The Bertz CT molecular complexity index is 357. The van der Waals surface area contributed by atoms with Crippen molar-refractivity contribution in [1.82, 2.24) is 4.90 Å². The normalized spacial score (nSPS) is 32.6. The highest BCUT2D eigenvalue weighted by molar-refractivity contribution is 5.88. The summed E-state index contributed by atoms with van der Waals surface area (Å²) in [6.45, 7) is 0.253. The van der Waals surface area contributed by atoms with Crippen molar-refractivity contribution in [3.8, 4) is 0 Å². The summed E-state index contributed by atoms with van der Waals surface area (Å²) in [5.74, 6) is -3.52. The maximum absolute atomic E-state index is 12.4. The third-order valence-electron chi connectivity index (χ3n) is 3.09. The molecule has 0 spiro atoms. The van der Waals surface area contributed by atoms with Gasteiger partial charge in [0.15, 0.2) is 0 Å². The number of halogens is 3. The highest BCUT2D eigenvalue weighted by atomic mass is 19.4. The molecule has 0 unspecified atom stereocenters. The Kier molecular flexibility index (Phi) is 2.76. The van der Waals surface area contributed by atoms with Crippen LogP contribution in [0.4, 0.5) is 13.2 Å². The topological polar surface area (TPSA) is 66.8 Å². The van der Waals surface area contributed by atoms with Gasteiger partial charge in [0, 0.05) is 13.0 Å². The minimum Gasteiger partial charge on any atom is -0.480 e. The number of carboxylic acid groups (broad SMARTS) is 1. The monoisotopic (exact) mass is 253 g/mol. The van der Waals surface area contributed by atoms with Gasteiger partial charge in [0.05, 0.1) is 12.1 Å². The summed E-state index contributed by atoms with van der Waals surface area (Å²) in [6.07, 6.45) is -5.48. The van der Waals surface area contributed by atoms with Gasteiger partial charge in [-0.2, -0.15) is 13.2 Å². The van der Waals surface area contributed by atoms with E-state index in [-0.39, 0.29) is 19.4 Å². The molecule has 1 amide bonds. The second-order valence-corrected chi connectivity index (χ2v) is 4.07. The molecule has 3 atom stereocenters. The Balaban J connectivity index is 2.27. The predicted octanol–water partition coefficient (Wildman–Crippen LogP) is 0.392. The summed E-state index contributed by atoms with van der Waals surface area (Å²) in [6, 6.07) is -2.22. The molecular weight excluding hydrogens is 243 g/mol. The molecule has 0 aromatic heterocycles. The van der Waals surface area contributed by atoms with Crippen LogP contribution in [-0.2, 0) is 14.3 Å². The minimum absolute atomic E-state index is 0.0815. The van der Waals surface area contributed by atoms with Crippen LogP contribution in [-0.4, -0.2) is 52.9 Å². The first-order valence-corrected chi connectivity index (χ1v) is 5.06. The SMILES string of the molecule is O=C(O)[C@@H]1C[C@@H]2OCC[C@@H]2N1C(=O)C(F)(F)F. The Morgan fingerprint density at radius 1 is 1.35 bits per heavy atom. The summed E-state index contributed by atoms with van der Waals surface area (Å²) in [7, 11) is 0. The number of carboxylic acids is 1. The van der Waals surface area contributed by atoms with Crippen LogP contribution in [0.1, 0.15) is 12.8 Å². The number of carbonyl (C=O) groups excluding carboxylic acids is 1. The molecular formula is C9H10F3NO4. The molecule has 0 aliphatic carbocycles. The Hall–Kier alpha value is -1.31. The van der Waals surface area contributed by atoms with Crippen molar-refractivity contribution in [3.05, 3.63) is 0 Å².